The Morgan fingerprint density at radius 2 is 1.79 bits per heavy atom. The van der Waals surface area contributed by atoms with E-state index in [-0.39, 0.29) is 35.4 Å². The lowest BCUT2D eigenvalue weighted by Crippen LogP contribution is -2.30. The molecular formula is C19H16ClN3O5. The Morgan fingerprint density at radius 1 is 1.14 bits per heavy atom. The van der Waals surface area contributed by atoms with Gasteiger partial charge in [0.15, 0.2) is 11.3 Å². The molecule has 3 amide bonds. The minimum atomic E-state index is -1.08. The van der Waals surface area contributed by atoms with Crippen molar-refractivity contribution in [3.05, 3.63) is 53.3 Å². The van der Waals surface area contributed by atoms with Crippen LogP contribution in [0.15, 0.2) is 42.6 Å². The van der Waals surface area contributed by atoms with Gasteiger partial charge in [0.2, 0.25) is 11.8 Å². The normalized spacial score (nSPS) is 14.7. The van der Waals surface area contributed by atoms with Crippen LogP contribution in [0, 0.1) is 0 Å². The molecule has 0 saturated carbocycles. The van der Waals surface area contributed by atoms with Gasteiger partial charge in [0.05, 0.1) is 16.9 Å². The fourth-order valence-electron chi connectivity index (χ4n) is 2.61. The number of carbonyl (C=O) groups is 4. The van der Waals surface area contributed by atoms with Crippen molar-refractivity contribution in [2.75, 3.05) is 10.2 Å². The highest BCUT2D eigenvalue weighted by Gasteiger charge is 2.30. The first kappa shape index (κ1) is 19.5. The van der Waals surface area contributed by atoms with Crippen molar-refractivity contribution in [1.29, 1.82) is 0 Å². The van der Waals surface area contributed by atoms with Gasteiger partial charge in [-0.25, -0.2) is 9.78 Å². The first-order valence-electron chi connectivity index (χ1n) is 8.45. The average molecular weight is 402 g/mol. The van der Waals surface area contributed by atoms with E-state index in [0.29, 0.717) is 11.4 Å². The van der Waals surface area contributed by atoms with Gasteiger partial charge in [-0.3, -0.25) is 19.3 Å². The molecule has 2 heterocycles. The Balaban J connectivity index is 1.62. The third kappa shape index (κ3) is 4.17. The number of rotatable bonds is 5. The number of ether oxygens (including phenoxy) is 1. The van der Waals surface area contributed by atoms with Crippen LogP contribution >= 0.6 is 11.6 Å². The van der Waals surface area contributed by atoms with Gasteiger partial charge in [-0.2, -0.15) is 0 Å². The van der Waals surface area contributed by atoms with Gasteiger partial charge in [-0.15, -0.1) is 0 Å². The third-order valence-corrected chi connectivity index (χ3v) is 4.38. The highest BCUT2D eigenvalue weighted by molar-refractivity contribution is 6.32. The molecule has 1 aromatic heterocycles. The molecule has 1 aliphatic heterocycles. The van der Waals surface area contributed by atoms with Gasteiger partial charge >= 0.3 is 5.97 Å². The number of hydrogen-bond acceptors (Lipinski definition) is 6. The fraction of sp³-hybridized carbons (Fsp3) is 0.211. The molecule has 3 rings (SSSR count). The second-order valence-electron chi connectivity index (χ2n) is 6.05. The van der Waals surface area contributed by atoms with E-state index in [9.17, 15) is 19.2 Å². The molecule has 8 nitrogen and oxygen atoms in total. The molecule has 0 aliphatic carbocycles. The number of amides is 3. The summed E-state index contributed by atoms with van der Waals surface area (Å²) < 4.78 is 5.16. The number of nitrogens with zero attached hydrogens (tertiary/aromatic N) is 2. The summed E-state index contributed by atoms with van der Waals surface area (Å²) in [5.41, 5.74) is 0.879. The van der Waals surface area contributed by atoms with Crippen LogP contribution in [-0.4, -0.2) is 34.8 Å². The molecule has 9 heteroatoms. The topological polar surface area (TPSA) is 106 Å². The molecular weight excluding hydrogens is 386 g/mol. The van der Waals surface area contributed by atoms with Crippen molar-refractivity contribution >= 4 is 46.7 Å². The summed E-state index contributed by atoms with van der Waals surface area (Å²) >= 11 is 5.88. The molecule has 1 saturated heterocycles. The molecule has 0 spiro atoms. The van der Waals surface area contributed by atoms with Crippen LogP contribution in [0.4, 0.5) is 11.4 Å². The lowest BCUT2D eigenvalue weighted by Gasteiger charge is -2.15. The monoisotopic (exact) mass is 401 g/mol. The van der Waals surface area contributed by atoms with Crippen LogP contribution in [0.5, 0.6) is 0 Å². The van der Waals surface area contributed by atoms with Crippen molar-refractivity contribution < 1.29 is 23.9 Å². The second-order valence-corrected chi connectivity index (χ2v) is 6.41. The molecule has 1 atom stereocenters. The number of carbonyl (C=O) groups excluding carboxylic acids is 4. The van der Waals surface area contributed by atoms with Gasteiger partial charge in [-0.1, -0.05) is 11.6 Å². The molecule has 1 N–H and O–H groups in total. The summed E-state index contributed by atoms with van der Waals surface area (Å²) in [7, 11) is 0. The van der Waals surface area contributed by atoms with E-state index in [1.165, 1.54) is 37.4 Å². The minimum Gasteiger partial charge on any atom is -0.449 e. The van der Waals surface area contributed by atoms with E-state index in [1.807, 2.05) is 0 Å². The molecule has 1 aromatic carbocycles. The standard InChI is InChI=1S/C19H16ClN3O5/c1-11(18(26)22-14-3-2-10-21-17(14)20)28-19(27)12-4-6-13(7-5-12)23-15(24)8-9-16(23)25/h2-7,10-11H,8-9H2,1H3,(H,22,26)/t11-/m0/s1. The van der Waals surface area contributed by atoms with Crippen molar-refractivity contribution in [3.63, 3.8) is 0 Å². The van der Waals surface area contributed by atoms with E-state index in [4.69, 9.17) is 16.3 Å². The van der Waals surface area contributed by atoms with Crippen molar-refractivity contribution in [2.45, 2.75) is 25.9 Å². The molecule has 2 aromatic rings. The summed E-state index contributed by atoms with van der Waals surface area (Å²) in [6, 6.07) is 9.01. The fourth-order valence-corrected chi connectivity index (χ4v) is 2.77. The molecule has 0 unspecified atom stereocenters. The smallest absolute Gasteiger partial charge is 0.338 e. The summed E-state index contributed by atoms with van der Waals surface area (Å²) in [5.74, 6) is -1.84. The number of benzene rings is 1. The zero-order valence-electron chi connectivity index (χ0n) is 14.8. The van der Waals surface area contributed by atoms with Crippen molar-refractivity contribution in [3.8, 4) is 0 Å². The maximum absolute atomic E-state index is 12.3. The second kappa shape index (κ2) is 8.18. The zero-order valence-corrected chi connectivity index (χ0v) is 15.6. The SMILES string of the molecule is C[C@H](OC(=O)c1ccc(N2C(=O)CCC2=O)cc1)C(=O)Nc1cccnc1Cl. The number of imide groups is 1. The van der Waals surface area contributed by atoms with Crippen molar-refractivity contribution in [1.82, 2.24) is 4.98 Å². The molecule has 1 aliphatic rings. The van der Waals surface area contributed by atoms with Gasteiger partial charge in [0, 0.05) is 19.0 Å². The first-order valence-corrected chi connectivity index (χ1v) is 8.83. The third-order valence-electron chi connectivity index (χ3n) is 4.08. The Morgan fingerprint density at radius 3 is 2.39 bits per heavy atom. The number of aromatic nitrogens is 1. The van der Waals surface area contributed by atoms with Crippen LogP contribution in [0.3, 0.4) is 0 Å². The van der Waals surface area contributed by atoms with Crippen LogP contribution in [0.2, 0.25) is 5.15 Å². The molecule has 144 valence electrons. The molecule has 0 bridgehead atoms. The van der Waals surface area contributed by atoms with Crippen LogP contribution in [0.25, 0.3) is 0 Å². The highest BCUT2D eigenvalue weighted by atomic mass is 35.5. The summed E-state index contributed by atoms with van der Waals surface area (Å²) in [4.78, 5) is 52.9. The van der Waals surface area contributed by atoms with Gasteiger partial charge < -0.3 is 10.1 Å². The number of anilines is 2. The predicted molar refractivity (Wildman–Crippen MR) is 101 cm³/mol. The van der Waals surface area contributed by atoms with Gasteiger partial charge in [0.1, 0.15) is 0 Å². The average Bonchev–Trinajstić information content (AvgIpc) is 3.02. The molecule has 0 radical (unpaired) electrons. The molecule has 28 heavy (non-hydrogen) atoms. The lowest BCUT2D eigenvalue weighted by molar-refractivity contribution is -0.124. The molecule has 1 fully saturated rings. The Bertz CT molecular complexity index is 929. The Kier molecular flexibility index (Phi) is 5.70. The van der Waals surface area contributed by atoms with Gasteiger partial charge in [0.25, 0.3) is 5.91 Å². The first-order chi connectivity index (χ1) is 13.4. The number of halogens is 1. The summed E-state index contributed by atoms with van der Waals surface area (Å²) in [6.07, 6.45) is 0.756. The minimum absolute atomic E-state index is 0.121. The van der Waals surface area contributed by atoms with E-state index >= 15 is 0 Å². The number of pyridine rings is 1. The quantitative estimate of drug-likeness (QED) is 0.469. The Labute approximate surface area is 165 Å². The van der Waals surface area contributed by atoms with E-state index < -0.39 is 18.0 Å². The maximum Gasteiger partial charge on any atom is 0.338 e. The number of esters is 1. The van der Waals surface area contributed by atoms with E-state index in [1.54, 1.807) is 12.1 Å². The van der Waals surface area contributed by atoms with Crippen LogP contribution in [0.1, 0.15) is 30.1 Å². The lowest BCUT2D eigenvalue weighted by atomic mass is 10.2. The summed E-state index contributed by atoms with van der Waals surface area (Å²) in [6.45, 7) is 1.42. The van der Waals surface area contributed by atoms with Crippen LogP contribution in [-0.2, 0) is 19.1 Å². The van der Waals surface area contributed by atoms with Crippen molar-refractivity contribution in [2.24, 2.45) is 0 Å². The largest absolute Gasteiger partial charge is 0.449 e. The predicted octanol–water partition coefficient (Wildman–Crippen LogP) is 2.57. The van der Waals surface area contributed by atoms with E-state index in [0.717, 1.165) is 4.90 Å². The zero-order chi connectivity index (χ0) is 20.3. The summed E-state index contributed by atoms with van der Waals surface area (Å²) in [5, 5.41) is 2.65. The maximum atomic E-state index is 12.3. The number of hydrogen-bond donors (Lipinski definition) is 1. The highest BCUT2D eigenvalue weighted by Crippen LogP contribution is 2.23. The van der Waals surface area contributed by atoms with Gasteiger partial charge in [-0.05, 0) is 43.3 Å². The van der Waals surface area contributed by atoms with E-state index in [2.05, 4.69) is 10.3 Å². The number of nitrogens with one attached hydrogen (secondary N) is 1. The van der Waals surface area contributed by atoms with Crippen LogP contribution < -0.4 is 10.2 Å². The Hall–Kier alpha value is -3.26.